The molecule has 7 nitrogen and oxygen atoms in total. The highest BCUT2D eigenvalue weighted by Crippen LogP contribution is 2.31. The van der Waals surface area contributed by atoms with Crippen LogP contribution in [-0.2, 0) is 10.3 Å². The number of hydrogen-bond donors (Lipinski definition) is 2. The van der Waals surface area contributed by atoms with Crippen LogP contribution in [0.1, 0.15) is 18.1 Å². The van der Waals surface area contributed by atoms with E-state index in [1.807, 2.05) is 32.0 Å². The molecule has 1 atom stereocenters. The summed E-state index contributed by atoms with van der Waals surface area (Å²) >= 11 is 0. The summed E-state index contributed by atoms with van der Waals surface area (Å²) in [5.74, 6) is -1.14. The van der Waals surface area contributed by atoms with Crippen molar-refractivity contribution in [2.75, 3.05) is 11.9 Å². The van der Waals surface area contributed by atoms with E-state index in [0.717, 1.165) is 29.3 Å². The van der Waals surface area contributed by atoms with Gasteiger partial charge in [0.1, 0.15) is 18.0 Å². The number of aryl methyl sites for hydroxylation is 1. The fourth-order valence-corrected chi connectivity index (χ4v) is 3.08. The molecule has 1 saturated heterocycles. The van der Waals surface area contributed by atoms with Crippen molar-refractivity contribution in [3.63, 3.8) is 0 Å². The minimum Gasteiger partial charge on any atom is -0.436 e. The number of aromatic nitrogens is 3. The fourth-order valence-electron chi connectivity index (χ4n) is 3.08. The largest absolute Gasteiger partial charge is 0.436 e. The van der Waals surface area contributed by atoms with E-state index in [9.17, 15) is 13.6 Å². The van der Waals surface area contributed by atoms with Crippen molar-refractivity contribution >= 4 is 17.7 Å². The maximum atomic E-state index is 13.4. The SMILES string of the molecule is Cc1cc(Nc2ncn(-c3cc(F)cc(F)c3)n2)cc([C@]2(C)CNC(=O)O2)c1. The van der Waals surface area contributed by atoms with Crippen LogP contribution in [0.25, 0.3) is 5.69 Å². The third kappa shape index (κ3) is 3.51. The Balaban J connectivity index is 1.60. The number of carbonyl (C=O) groups is 1. The lowest BCUT2D eigenvalue weighted by Gasteiger charge is -2.22. The zero-order valence-corrected chi connectivity index (χ0v) is 15.2. The molecule has 1 amide bonds. The standard InChI is InChI=1S/C19H17F2N5O2/c1-11-3-12(19(2)9-22-18(27)28-19)5-15(4-11)24-17-23-10-26(25-17)16-7-13(20)6-14(21)8-16/h3-8,10H,9H2,1-2H3,(H,22,27)(H,24,25)/t19-/m0/s1. The van der Waals surface area contributed by atoms with Gasteiger partial charge in [-0.2, -0.15) is 4.98 Å². The molecule has 0 unspecified atom stereocenters. The number of nitrogens with zero attached hydrogens (tertiary/aromatic N) is 3. The molecular formula is C19H17F2N5O2. The van der Waals surface area contributed by atoms with Crippen molar-refractivity contribution in [2.45, 2.75) is 19.4 Å². The van der Waals surface area contributed by atoms with Gasteiger partial charge in [-0.25, -0.2) is 18.3 Å². The molecule has 2 aromatic carbocycles. The lowest BCUT2D eigenvalue weighted by molar-refractivity contribution is 0.0704. The Hall–Kier alpha value is -3.49. The highest BCUT2D eigenvalue weighted by Gasteiger charge is 2.37. The third-order valence-electron chi connectivity index (χ3n) is 4.44. The van der Waals surface area contributed by atoms with Crippen molar-refractivity contribution in [3.8, 4) is 5.69 Å². The normalized spacial score (nSPS) is 18.6. The van der Waals surface area contributed by atoms with Crippen LogP contribution < -0.4 is 10.6 Å². The van der Waals surface area contributed by atoms with Crippen LogP contribution >= 0.6 is 0 Å². The summed E-state index contributed by atoms with van der Waals surface area (Å²) in [6.07, 6.45) is 0.901. The Bertz CT molecular complexity index is 1050. The van der Waals surface area contributed by atoms with Gasteiger partial charge in [0.2, 0.25) is 5.95 Å². The lowest BCUT2D eigenvalue weighted by Crippen LogP contribution is -2.26. The van der Waals surface area contributed by atoms with Gasteiger partial charge >= 0.3 is 6.09 Å². The summed E-state index contributed by atoms with van der Waals surface area (Å²) in [6, 6.07) is 8.78. The Morgan fingerprint density at radius 2 is 1.93 bits per heavy atom. The van der Waals surface area contributed by atoms with E-state index in [4.69, 9.17) is 4.74 Å². The molecule has 1 aliphatic rings. The lowest BCUT2D eigenvalue weighted by atomic mass is 9.94. The van der Waals surface area contributed by atoms with Crippen LogP contribution in [0, 0.1) is 18.6 Å². The molecule has 0 spiro atoms. The molecule has 28 heavy (non-hydrogen) atoms. The van der Waals surface area contributed by atoms with Gasteiger partial charge in [-0.05, 0) is 49.2 Å². The summed E-state index contributed by atoms with van der Waals surface area (Å²) in [5.41, 5.74) is 1.92. The molecule has 2 heterocycles. The number of anilines is 2. The van der Waals surface area contributed by atoms with Gasteiger partial charge < -0.3 is 15.4 Å². The second kappa shape index (κ2) is 6.59. The first kappa shape index (κ1) is 17.9. The minimum absolute atomic E-state index is 0.222. The van der Waals surface area contributed by atoms with Crippen LogP contribution in [-0.4, -0.2) is 27.4 Å². The van der Waals surface area contributed by atoms with Crippen molar-refractivity contribution in [3.05, 3.63) is 65.5 Å². The first-order valence-corrected chi connectivity index (χ1v) is 8.55. The molecule has 9 heteroatoms. The second-order valence-electron chi connectivity index (χ2n) is 6.83. The van der Waals surface area contributed by atoms with E-state index >= 15 is 0 Å². The van der Waals surface area contributed by atoms with E-state index in [-0.39, 0.29) is 11.6 Å². The van der Waals surface area contributed by atoms with Crippen molar-refractivity contribution in [1.82, 2.24) is 20.1 Å². The summed E-state index contributed by atoms with van der Waals surface area (Å²) in [4.78, 5) is 15.6. The summed E-state index contributed by atoms with van der Waals surface area (Å²) < 4.78 is 33.5. The Morgan fingerprint density at radius 1 is 1.18 bits per heavy atom. The molecular weight excluding hydrogens is 368 g/mol. The van der Waals surface area contributed by atoms with E-state index in [0.29, 0.717) is 12.2 Å². The molecule has 0 saturated carbocycles. The number of amides is 1. The fraction of sp³-hybridized carbons (Fsp3) is 0.211. The molecule has 1 aromatic heterocycles. The van der Waals surface area contributed by atoms with Crippen LogP contribution in [0.5, 0.6) is 0 Å². The number of carbonyl (C=O) groups excluding carboxylic acids is 1. The summed E-state index contributed by atoms with van der Waals surface area (Å²) in [7, 11) is 0. The Morgan fingerprint density at radius 3 is 2.61 bits per heavy atom. The number of cyclic esters (lactones) is 1. The average Bonchev–Trinajstić information content (AvgIpc) is 3.21. The number of hydrogen-bond acceptors (Lipinski definition) is 5. The maximum Gasteiger partial charge on any atom is 0.408 e. The Labute approximate surface area is 159 Å². The van der Waals surface area contributed by atoms with Gasteiger partial charge in [0.25, 0.3) is 0 Å². The van der Waals surface area contributed by atoms with Gasteiger partial charge in [0, 0.05) is 11.8 Å². The first-order valence-electron chi connectivity index (χ1n) is 8.55. The summed E-state index contributed by atoms with van der Waals surface area (Å²) in [5, 5.41) is 9.93. The highest BCUT2D eigenvalue weighted by molar-refractivity contribution is 5.71. The highest BCUT2D eigenvalue weighted by atomic mass is 19.1. The maximum absolute atomic E-state index is 13.4. The third-order valence-corrected chi connectivity index (χ3v) is 4.44. The molecule has 4 rings (SSSR count). The van der Waals surface area contributed by atoms with E-state index in [1.165, 1.54) is 11.0 Å². The van der Waals surface area contributed by atoms with Crippen LogP contribution in [0.2, 0.25) is 0 Å². The molecule has 3 aromatic rings. The van der Waals surface area contributed by atoms with E-state index < -0.39 is 23.3 Å². The zero-order valence-electron chi connectivity index (χ0n) is 15.2. The van der Waals surface area contributed by atoms with Crippen LogP contribution in [0.3, 0.4) is 0 Å². The van der Waals surface area contributed by atoms with Gasteiger partial charge in [-0.15, -0.1) is 5.10 Å². The molecule has 0 bridgehead atoms. The monoisotopic (exact) mass is 385 g/mol. The van der Waals surface area contributed by atoms with Gasteiger partial charge in [0.15, 0.2) is 5.60 Å². The van der Waals surface area contributed by atoms with Crippen LogP contribution in [0.4, 0.5) is 25.2 Å². The molecule has 1 aliphatic heterocycles. The topological polar surface area (TPSA) is 81.1 Å². The van der Waals surface area contributed by atoms with Crippen LogP contribution in [0.15, 0.2) is 42.7 Å². The summed E-state index contributed by atoms with van der Waals surface area (Å²) in [6.45, 7) is 4.12. The number of halogens is 2. The molecule has 0 radical (unpaired) electrons. The average molecular weight is 385 g/mol. The number of rotatable bonds is 4. The van der Waals surface area contributed by atoms with Gasteiger partial charge in [0.05, 0.1) is 12.2 Å². The minimum atomic E-state index is -0.772. The smallest absolute Gasteiger partial charge is 0.408 e. The van der Waals surface area contributed by atoms with Gasteiger partial charge in [-0.1, -0.05) is 6.07 Å². The quantitative estimate of drug-likeness (QED) is 0.718. The number of nitrogens with one attached hydrogen (secondary N) is 2. The van der Waals surface area contributed by atoms with Crippen molar-refractivity contribution < 1.29 is 18.3 Å². The zero-order chi connectivity index (χ0) is 19.9. The van der Waals surface area contributed by atoms with Crippen molar-refractivity contribution in [2.24, 2.45) is 0 Å². The predicted molar refractivity (Wildman–Crippen MR) is 97.6 cm³/mol. The van der Waals surface area contributed by atoms with Crippen molar-refractivity contribution in [1.29, 1.82) is 0 Å². The van der Waals surface area contributed by atoms with E-state index in [1.54, 1.807) is 0 Å². The number of benzene rings is 2. The molecule has 144 valence electrons. The molecule has 1 fully saturated rings. The second-order valence-corrected chi connectivity index (χ2v) is 6.83. The molecule has 2 N–H and O–H groups in total. The molecule has 0 aliphatic carbocycles. The predicted octanol–water partition coefficient (Wildman–Crippen LogP) is 3.55. The van der Waals surface area contributed by atoms with Gasteiger partial charge in [-0.3, -0.25) is 0 Å². The number of ether oxygens (including phenoxy) is 1. The first-order chi connectivity index (χ1) is 13.3. The number of alkyl carbamates (subject to hydrolysis) is 1. The Kier molecular flexibility index (Phi) is 4.21. The van der Waals surface area contributed by atoms with E-state index in [2.05, 4.69) is 20.7 Å².